The summed E-state index contributed by atoms with van der Waals surface area (Å²) in [4.78, 5) is 113. The van der Waals surface area contributed by atoms with Gasteiger partial charge in [-0.05, 0) is 63.5 Å². The molecule has 0 aliphatic carbocycles. The number of hydrogen-bond donors (Lipinski definition) is 5. The van der Waals surface area contributed by atoms with Gasteiger partial charge in [0.15, 0.2) is 0 Å². The molecule has 2 aromatic rings. The van der Waals surface area contributed by atoms with Gasteiger partial charge in [-0.15, -0.1) is 0 Å². The summed E-state index contributed by atoms with van der Waals surface area (Å²) in [5, 5.41) is 17.5. The van der Waals surface area contributed by atoms with E-state index in [0.29, 0.717) is 17.5 Å². The van der Waals surface area contributed by atoms with Crippen LogP contribution >= 0.6 is 0 Å². The first-order valence-electron chi connectivity index (χ1n) is 21.4. The summed E-state index contributed by atoms with van der Waals surface area (Å²) in [6, 6.07) is 9.10. The van der Waals surface area contributed by atoms with Crippen molar-refractivity contribution in [2.24, 2.45) is 17.6 Å². The van der Waals surface area contributed by atoms with Gasteiger partial charge >= 0.3 is 5.97 Å². The molecule has 6 N–H and O–H groups in total. The highest BCUT2D eigenvalue weighted by Gasteiger charge is 2.38. The van der Waals surface area contributed by atoms with Gasteiger partial charge in [-0.25, -0.2) is 4.79 Å². The highest BCUT2D eigenvalue weighted by atomic mass is 16.4. The molecule has 0 radical (unpaired) electrons. The lowest BCUT2D eigenvalue weighted by Gasteiger charge is -2.36. The average Bonchev–Trinajstić information content (AvgIpc) is 3.24. The second-order valence-corrected chi connectivity index (χ2v) is 17.3. The van der Waals surface area contributed by atoms with Crippen molar-refractivity contribution >= 4 is 47.3 Å². The van der Waals surface area contributed by atoms with Crippen LogP contribution in [0.3, 0.4) is 0 Å². The summed E-state index contributed by atoms with van der Waals surface area (Å²) < 4.78 is 0. The predicted molar refractivity (Wildman–Crippen MR) is 240 cm³/mol. The Labute approximate surface area is 372 Å². The van der Waals surface area contributed by atoms with Gasteiger partial charge < -0.3 is 46.4 Å². The number of amides is 7. The third kappa shape index (κ3) is 15.8. The number of carbonyl (C=O) groups is 8. The van der Waals surface area contributed by atoms with Crippen LogP contribution in [-0.2, 0) is 51.2 Å². The van der Waals surface area contributed by atoms with Gasteiger partial charge in [-0.3, -0.25) is 33.6 Å². The lowest BCUT2D eigenvalue weighted by atomic mass is 10.00. The lowest BCUT2D eigenvalue weighted by Crippen LogP contribution is -2.60. The minimum absolute atomic E-state index is 0.0256. The van der Waals surface area contributed by atoms with Gasteiger partial charge in [0.1, 0.15) is 42.3 Å². The first kappa shape index (κ1) is 53.3. The number of carboxylic acid groups (broad SMARTS) is 1. The largest absolute Gasteiger partial charge is 0.480 e. The smallest absolute Gasteiger partial charge is 0.326 e. The molecule has 17 heteroatoms. The monoisotopic (exact) mass is 879 g/mol. The summed E-state index contributed by atoms with van der Waals surface area (Å²) in [7, 11) is 5.79. The molecule has 0 bridgehead atoms. The Hall–Kier alpha value is -5.84. The van der Waals surface area contributed by atoms with Crippen LogP contribution in [0.2, 0.25) is 0 Å². The molecule has 0 aliphatic rings. The molecule has 348 valence electrons. The van der Waals surface area contributed by atoms with Crippen molar-refractivity contribution in [3.63, 3.8) is 0 Å². The molecule has 0 saturated carbocycles. The molecule has 2 aromatic carbocycles. The number of benzene rings is 2. The van der Waals surface area contributed by atoms with Gasteiger partial charge in [0.05, 0.1) is 6.04 Å². The molecule has 17 nitrogen and oxygen atoms in total. The molecular weight excluding hydrogens is 809 g/mol. The Morgan fingerprint density at radius 2 is 0.968 bits per heavy atom. The van der Waals surface area contributed by atoms with Crippen molar-refractivity contribution < 1.29 is 43.5 Å². The van der Waals surface area contributed by atoms with Crippen molar-refractivity contribution in [1.82, 2.24) is 35.6 Å². The van der Waals surface area contributed by atoms with Gasteiger partial charge in [0.25, 0.3) is 0 Å². The Morgan fingerprint density at radius 1 is 0.508 bits per heavy atom. The van der Waals surface area contributed by atoms with Crippen LogP contribution in [-0.4, -0.2) is 149 Å². The second kappa shape index (κ2) is 24.7. The molecule has 0 fully saturated rings. The van der Waals surface area contributed by atoms with Crippen molar-refractivity contribution in [1.29, 1.82) is 0 Å². The first-order chi connectivity index (χ1) is 29.4. The number of rotatable bonds is 23. The molecule has 0 aliphatic heterocycles. The van der Waals surface area contributed by atoms with Crippen LogP contribution in [0.4, 0.5) is 0 Å². The molecule has 63 heavy (non-hydrogen) atoms. The Bertz CT molecular complexity index is 1880. The third-order valence-corrected chi connectivity index (χ3v) is 11.2. The zero-order valence-corrected chi connectivity index (χ0v) is 39.0. The average molecular weight is 879 g/mol. The predicted octanol–water partition coefficient (Wildman–Crippen LogP) is 1.82. The highest BCUT2D eigenvalue weighted by molar-refractivity contribution is 5.97. The van der Waals surface area contributed by atoms with Gasteiger partial charge in [0.2, 0.25) is 41.4 Å². The Kier molecular flexibility index (Phi) is 20.9. The van der Waals surface area contributed by atoms with Crippen molar-refractivity contribution in [3.05, 3.63) is 71.8 Å². The first-order valence-corrected chi connectivity index (χ1v) is 21.4. The van der Waals surface area contributed by atoms with Crippen LogP contribution in [0.25, 0.3) is 0 Å². The maximum Gasteiger partial charge on any atom is 0.326 e. The Balaban J connectivity index is 2.25. The number of carbonyl (C=O) groups excluding carboxylic acids is 7. The minimum Gasteiger partial charge on any atom is -0.480 e. The number of nitrogens with two attached hydrogens (primary N) is 1. The number of carboxylic acids is 1. The van der Waals surface area contributed by atoms with E-state index >= 15 is 0 Å². The molecule has 0 unspecified atom stereocenters. The molecule has 7 amide bonds. The van der Waals surface area contributed by atoms with Crippen molar-refractivity contribution in [3.8, 4) is 0 Å². The van der Waals surface area contributed by atoms with E-state index < -0.39 is 95.7 Å². The molecule has 0 aromatic heterocycles. The van der Waals surface area contributed by atoms with Gasteiger partial charge in [0, 0.05) is 41.0 Å². The standard InChI is InChI=1S/C46H70N8O9/c1-27(2)23-35(47)44(60)52(10)32(8)43(59)53(11)37(24-28(3)4)41(57)49-30(6)42(58)54(12)38(26-34-21-17-14-18-22-34)45(61)51(9)31(7)40(56)48-29(5)39(55)50-36(46(62)63)25-33-19-15-13-16-20-33/h13-22,27-32,35-38H,23-26,47H2,1-12H3,(H,48,56)(H,49,57)(H,50,55)(H,62,63)/t29-,30-,31-,32-,35-,36-,37-,38-/m0/s1. The van der Waals surface area contributed by atoms with E-state index in [9.17, 15) is 43.5 Å². The fourth-order valence-electron chi connectivity index (χ4n) is 6.97. The maximum atomic E-state index is 14.3. The van der Waals surface area contributed by atoms with Crippen molar-refractivity contribution in [2.75, 3.05) is 28.2 Å². The van der Waals surface area contributed by atoms with E-state index in [1.165, 1.54) is 63.7 Å². The number of nitrogens with one attached hydrogen (secondary N) is 3. The van der Waals surface area contributed by atoms with Crippen LogP contribution < -0.4 is 21.7 Å². The summed E-state index contributed by atoms with van der Waals surface area (Å²) >= 11 is 0. The molecule has 0 spiro atoms. The van der Waals surface area contributed by atoms with E-state index in [1.807, 2.05) is 27.7 Å². The lowest BCUT2D eigenvalue weighted by molar-refractivity contribution is -0.150. The number of nitrogens with zero attached hydrogens (tertiary/aromatic N) is 4. The van der Waals surface area contributed by atoms with Crippen LogP contribution in [0.15, 0.2) is 60.7 Å². The van der Waals surface area contributed by atoms with Gasteiger partial charge in [-0.2, -0.15) is 0 Å². The SMILES string of the molecule is CC(C)C[C@H](N)C(=O)N(C)[C@@H](C)C(=O)N(C)[C@@H](CC(C)C)C(=O)N[C@@H](C)C(=O)N(C)[C@@H](Cc1ccccc1)C(=O)N(C)[C@@H](C)C(=O)N[C@@H](C)C(=O)N[C@@H](Cc1ccccc1)C(=O)O. The van der Waals surface area contributed by atoms with Crippen LogP contribution in [0, 0.1) is 11.8 Å². The van der Waals surface area contributed by atoms with Crippen molar-refractivity contribution in [2.45, 2.75) is 129 Å². The summed E-state index contributed by atoms with van der Waals surface area (Å²) in [6.45, 7) is 13.6. The molecule has 0 heterocycles. The summed E-state index contributed by atoms with van der Waals surface area (Å²) in [5.41, 5.74) is 7.53. The third-order valence-electron chi connectivity index (χ3n) is 11.2. The zero-order valence-electron chi connectivity index (χ0n) is 39.0. The normalized spacial score (nSPS) is 15.0. The van der Waals surface area contributed by atoms with Crippen LogP contribution in [0.1, 0.15) is 79.4 Å². The van der Waals surface area contributed by atoms with E-state index in [2.05, 4.69) is 16.0 Å². The second-order valence-electron chi connectivity index (χ2n) is 17.3. The minimum atomic E-state index is -1.25. The zero-order chi connectivity index (χ0) is 47.9. The molecule has 2 rings (SSSR count). The number of aliphatic carboxylic acids is 1. The van der Waals surface area contributed by atoms with Gasteiger partial charge in [-0.1, -0.05) is 88.4 Å². The fourth-order valence-corrected chi connectivity index (χ4v) is 6.97. The van der Waals surface area contributed by atoms with E-state index in [0.717, 1.165) is 4.90 Å². The topological polar surface area (TPSA) is 232 Å². The van der Waals surface area contributed by atoms with Crippen LogP contribution in [0.5, 0.6) is 0 Å². The van der Waals surface area contributed by atoms with E-state index in [1.54, 1.807) is 67.6 Å². The highest BCUT2D eigenvalue weighted by Crippen LogP contribution is 2.17. The maximum absolute atomic E-state index is 14.3. The molecule has 0 saturated heterocycles. The number of likely N-dealkylation sites (N-methyl/N-ethyl adjacent to an activating group) is 4. The quantitative estimate of drug-likeness (QED) is 0.109. The van der Waals surface area contributed by atoms with E-state index in [4.69, 9.17) is 5.73 Å². The fraction of sp³-hybridized carbons (Fsp3) is 0.565. The molecule has 8 atom stereocenters. The van der Waals surface area contributed by atoms with E-state index in [-0.39, 0.29) is 31.1 Å². The summed E-state index contributed by atoms with van der Waals surface area (Å²) in [6.07, 6.45) is 0.763. The number of hydrogen-bond acceptors (Lipinski definition) is 9. The Morgan fingerprint density at radius 3 is 1.46 bits per heavy atom. The molecular formula is C46H70N8O9. The summed E-state index contributed by atoms with van der Waals surface area (Å²) in [5.74, 6) is -5.27.